The molecule has 0 spiro atoms. The van der Waals surface area contributed by atoms with E-state index in [9.17, 15) is 0 Å². The predicted molar refractivity (Wildman–Crippen MR) is 236 cm³/mol. The maximum absolute atomic E-state index is 2.45. The third kappa shape index (κ3) is 6.30. The zero-order chi connectivity index (χ0) is 35.1. The van der Waals surface area contributed by atoms with Crippen LogP contribution in [0.2, 0.25) is 0 Å². The molecule has 0 saturated carbocycles. The number of hydrogen-bond donors (Lipinski definition) is 0. The molecule has 8 rings (SSSR count). The average molecular weight is 741 g/mol. The van der Waals surface area contributed by atoms with Crippen molar-refractivity contribution in [3.8, 4) is 0 Å². The third-order valence-electron chi connectivity index (χ3n) is 9.50. The van der Waals surface area contributed by atoms with Gasteiger partial charge in [0.15, 0.2) is 14.6 Å². The standard InChI is InChI=1S/C48H40P4/c1-9-25-41(26-10-1)49(51(43-29-13-3-14-30-43,44-31-15-4-16-32-44)45-33-17-5-18-34-45)50(42-27-11-2-12-28-42)52(46-35-19-6-20-36-46,47-37-21-7-22-38-47)48-39-23-8-24-40-48/h1-40H/q+2. The van der Waals surface area contributed by atoms with Crippen LogP contribution in [0, 0.1) is 0 Å². The molecule has 52 heavy (non-hydrogen) atoms. The molecule has 0 fully saturated rings. The molecule has 4 heteroatoms. The molecule has 0 nitrogen and oxygen atoms in total. The van der Waals surface area contributed by atoms with Crippen LogP contribution in [-0.4, -0.2) is 0 Å². The fourth-order valence-corrected chi connectivity index (χ4v) is 47.9. The summed E-state index contributed by atoms with van der Waals surface area (Å²) in [6, 6.07) is 92.5. The molecular weight excluding hydrogens is 700 g/mol. The molecule has 0 aliphatic rings. The second-order valence-corrected chi connectivity index (χ2v) is 30.7. The van der Waals surface area contributed by atoms with Crippen molar-refractivity contribution in [1.82, 2.24) is 0 Å². The first-order chi connectivity index (χ1) is 25.8. The van der Waals surface area contributed by atoms with E-state index in [0.29, 0.717) is 0 Å². The highest BCUT2D eigenvalue weighted by Crippen LogP contribution is 3.04. The van der Waals surface area contributed by atoms with Gasteiger partial charge in [0, 0.05) is 10.6 Å². The van der Waals surface area contributed by atoms with Crippen molar-refractivity contribution in [3.63, 3.8) is 0 Å². The smallest absolute Gasteiger partial charge is 0.0622 e. The molecule has 2 atom stereocenters. The molecule has 250 valence electrons. The van der Waals surface area contributed by atoms with Crippen LogP contribution in [0.15, 0.2) is 243 Å². The topological polar surface area (TPSA) is 0 Å². The van der Waals surface area contributed by atoms with Gasteiger partial charge in [-0.2, -0.15) is 0 Å². The molecule has 0 heterocycles. The van der Waals surface area contributed by atoms with Gasteiger partial charge in [-0.25, -0.2) is 0 Å². The molecule has 0 saturated heterocycles. The fraction of sp³-hybridized carbons (Fsp3) is 0. The van der Waals surface area contributed by atoms with Gasteiger partial charge in [0.05, 0.1) is 0 Å². The van der Waals surface area contributed by atoms with E-state index in [0.717, 1.165) is 0 Å². The lowest BCUT2D eigenvalue weighted by atomic mass is 10.4. The molecule has 0 aromatic heterocycles. The second kappa shape index (κ2) is 16.0. The minimum Gasteiger partial charge on any atom is -0.0622 e. The predicted octanol–water partition coefficient (Wildman–Crippen LogP) is 10.3. The summed E-state index contributed by atoms with van der Waals surface area (Å²) in [5, 5.41) is 11.5. The highest BCUT2D eigenvalue weighted by molar-refractivity contribution is 8.90. The number of benzene rings is 8. The van der Waals surface area contributed by atoms with Gasteiger partial charge in [0.1, 0.15) is 45.7 Å². The Bertz CT molecular complexity index is 1910. The van der Waals surface area contributed by atoms with Crippen LogP contribution in [0.5, 0.6) is 0 Å². The Morgan fingerprint density at radius 3 is 0.519 bits per heavy atom. The summed E-state index contributed by atoms with van der Waals surface area (Å²) in [7, 11) is -2.01. The van der Waals surface area contributed by atoms with Gasteiger partial charge in [-0.15, -0.1) is 0 Å². The minimum absolute atomic E-state index is 1.01. The Morgan fingerprint density at radius 2 is 0.346 bits per heavy atom. The van der Waals surface area contributed by atoms with Crippen molar-refractivity contribution >= 4 is 70.9 Å². The summed E-state index contributed by atoms with van der Waals surface area (Å²) in [6.45, 7) is -4.89. The van der Waals surface area contributed by atoms with Crippen molar-refractivity contribution in [2.75, 3.05) is 0 Å². The van der Waals surface area contributed by atoms with Gasteiger partial charge in [-0.05, 0) is 72.8 Å². The van der Waals surface area contributed by atoms with Crippen LogP contribution in [0.1, 0.15) is 0 Å². The van der Waals surface area contributed by atoms with Crippen molar-refractivity contribution in [1.29, 1.82) is 0 Å². The number of rotatable bonds is 11. The SMILES string of the molecule is c1ccc(P(P(c2ccccc2)[P+](c2ccccc2)(c2ccccc2)c2ccccc2)[P+](c2ccccc2)(c2ccccc2)c2ccccc2)cc1. The van der Waals surface area contributed by atoms with Crippen LogP contribution in [-0.2, 0) is 0 Å². The van der Waals surface area contributed by atoms with Crippen molar-refractivity contribution in [2.45, 2.75) is 0 Å². The zero-order valence-corrected chi connectivity index (χ0v) is 32.5. The van der Waals surface area contributed by atoms with Gasteiger partial charge >= 0.3 is 0 Å². The van der Waals surface area contributed by atoms with Crippen LogP contribution in [0.4, 0.5) is 0 Å². The summed E-state index contributed by atoms with van der Waals surface area (Å²) in [5.41, 5.74) is 0. The van der Waals surface area contributed by atoms with Gasteiger partial charge in [0.2, 0.25) is 0 Å². The first-order valence-electron chi connectivity index (χ1n) is 17.7. The maximum atomic E-state index is 2.45. The molecule has 8 aromatic rings. The molecule has 8 aromatic carbocycles. The van der Waals surface area contributed by atoms with Gasteiger partial charge in [0.25, 0.3) is 0 Å². The minimum atomic E-state index is -2.44. The molecule has 0 N–H and O–H groups in total. The maximum Gasteiger partial charge on any atom is 0.173 e. The third-order valence-corrected chi connectivity index (χ3v) is 39.5. The molecule has 0 radical (unpaired) electrons. The van der Waals surface area contributed by atoms with E-state index in [1.165, 1.54) is 42.4 Å². The summed E-state index contributed by atoms with van der Waals surface area (Å²) in [5.74, 6) is 0. The normalized spacial score (nSPS) is 12.8. The first-order valence-corrected chi connectivity index (χ1v) is 26.1. The van der Waals surface area contributed by atoms with Crippen LogP contribution >= 0.6 is 28.5 Å². The van der Waals surface area contributed by atoms with E-state index < -0.39 is 28.5 Å². The van der Waals surface area contributed by atoms with E-state index in [2.05, 4.69) is 243 Å². The average Bonchev–Trinajstić information content (AvgIpc) is 3.25. The summed E-state index contributed by atoms with van der Waals surface area (Å²) < 4.78 is 0. The lowest BCUT2D eigenvalue weighted by Crippen LogP contribution is -2.36. The van der Waals surface area contributed by atoms with E-state index in [4.69, 9.17) is 0 Å². The lowest BCUT2D eigenvalue weighted by molar-refractivity contribution is 1.73. The highest BCUT2D eigenvalue weighted by atomic mass is 32.7. The Balaban J connectivity index is 1.64. The Kier molecular flexibility index (Phi) is 10.6. The Hall–Kier alpha value is -4.52. The fourth-order valence-electron chi connectivity index (χ4n) is 7.36. The first kappa shape index (κ1) is 34.6. The molecule has 2 unspecified atom stereocenters. The van der Waals surface area contributed by atoms with Crippen molar-refractivity contribution in [2.24, 2.45) is 0 Å². The van der Waals surface area contributed by atoms with E-state index in [-0.39, 0.29) is 0 Å². The van der Waals surface area contributed by atoms with Crippen molar-refractivity contribution in [3.05, 3.63) is 243 Å². The van der Waals surface area contributed by atoms with Crippen molar-refractivity contribution < 1.29 is 0 Å². The largest absolute Gasteiger partial charge is 0.173 e. The summed E-state index contributed by atoms with van der Waals surface area (Å²) >= 11 is 0. The van der Waals surface area contributed by atoms with E-state index in [1.54, 1.807) is 0 Å². The highest BCUT2D eigenvalue weighted by Gasteiger charge is 2.67. The van der Waals surface area contributed by atoms with Crippen LogP contribution in [0.25, 0.3) is 0 Å². The number of hydrogen-bond acceptors (Lipinski definition) is 0. The molecule has 0 aliphatic heterocycles. The van der Waals surface area contributed by atoms with Gasteiger partial charge in [-0.3, -0.25) is 0 Å². The Morgan fingerprint density at radius 1 is 0.192 bits per heavy atom. The van der Waals surface area contributed by atoms with Crippen LogP contribution < -0.4 is 42.4 Å². The molecule has 0 aliphatic carbocycles. The van der Waals surface area contributed by atoms with E-state index in [1.807, 2.05) is 0 Å². The summed E-state index contributed by atoms with van der Waals surface area (Å²) in [6.07, 6.45) is 0. The van der Waals surface area contributed by atoms with Crippen LogP contribution in [0.3, 0.4) is 0 Å². The lowest BCUT2D eigenvalue weighted by Gasteiger charge is -2.42. The summed E-state index contributed by atoms with van der Waals surface area (Å²) in [4.78, 5) is 0. The monoisotopic (exact) mass is 740 g/mol. The van der Waals surface area contributed by atoms with E-state index >= 15 is 0 Å². The molecular formula is C48H40P4+2. The van der Waals surface area contributed by atoms with Gasteiger partial charge < -0.3 is 0 Å². The Labute approximate surface area is 312 Å². The zero-order valence-electron chi connectivity index (χ0n) is 28.9. The second-order valence-electron chi connectivity index (χ2n) is 12.5. The quantitative estimate of drug-likeness (QED) is 0.116. The van der Waals surface area contributed by atoms with Gasteiger partial charge in [-0.1, -0.05) is 170 Å². The molecule has 0 bridgehead atoms. The molecule has 0 amide bonds.